The normalized spacial score (nSPS) is 21.0. The van der Waals surface area contributed by atoms with Gasteiger partial charge in [0.25, 0.3) is 5.91 Å². The first kappa shape index (κ1) is 22.1. The number of aromatic hydroxyl groups is 1. The highest BCUT2D eigenvalue weighted by Gasteiger charge is 2.52. The van der Waals surface area contributed by atoms with E-state index >= 15 is 0 Å². The summed E-state index contributed by atoms with van der Waals surface area (Å²) < 4.78 is 7.73. The molecule has 7 nitrogen and oxygen atoms in total. The summed E-state index contributed by atoms with van der Waals surface area (Å²) in [5.41, 5.74) is 0.467. The lowest BCUT2D eigenvalue weighted by Crippen LogP contribution is -2.58. The third-order valence-corrected chi connectivity index (χ3v) is 7.69. The lowest BCUT2D eigenvalue weighted by Gasteiger charge is -2.46. The van der Waals surface area contributed by atoms with Crippen LogP contribution in [0.1, 0.15) is 40.5 Å². The molecule has 0 unspecified atom stereocenters. The number of fused-ring (bicyclic) bond motifs is 6. The van der Waals surface area contributed by atoms with Gasteiger partial charge in [-0.25, -0.2) is 0 Å². The van der Waals surface area contributed by atoms with Crippen molar-refractivity contribution < 1.29 is 14.6 Å². The van der Waals surface area contributed by atoms with Gasteiger partial charge in [0.2, 0.25) is 5.43 Å². The Morgan fingerprint density at radius 2 is 1.80 bits per heavy atom. The molecule has 6 rings (SSSR count). The lowest BCUT2D eigenvalue weighted by atomic mass is 9.96. The first-order chi connectivity index (χ1) is 16.9. The van der Waals surface area contributed by atoms with Crippen molar-refractivity contribution in [3.05, 3.63) is 104 Å². The largest absolute Gasteiger partial charge is 0.502 e. The van der Waals surface area contributed by atoms with E-state index in [1.165, 1.54) is 12.3 Å². The van der Waals surface area contributed by atoms with Crippen LogP contribution in [0.25, 0.3) is 0 Å². The van der Waals surface area contributed by atoms with Gasteiger partial charge in [-0.15, -0.1) is 0 Å². The van der Waals surface area contributed by atoms with E-state index in [2.05, 4.69) is 0 Å². The maximum Gasteiger partial charge on any atom is 0.278 e. The van der Waals surface area contributed by atoms with Gasteiger partial charge in [0, 0.05) is 17.8 Å². The molecular weight excluding hydrogens is 489 g/mol. The van der Waals surface area contributed by atoms with Crippen LogP contribution in [0.4, 0.5) is 0 Å². The summed E-state index contributed by atoms with van der Waals surface area (Å²) >= 11 is 13.0. The Labute approximate surface area is 211 Å². The highest BCUT2D eigenvalue weighted by molar-refractivity contribution is 6.43. The van der Waals surface area contributed by atoms with Gasteiger partial charge in [0.15, 0.2) is 11.4 Å². The second-order valence-corrected chi connectivity index (χ2v) is 9.73. The summed E-state index contributed by atoms with van der Waals surface area (Å²) in [5.74, 6) is -0.515. The van der Waals surface area contributed by atoms with Crippen molar-refractivity contribution >= 4 is 29.1 Å². The Morgan fingerprint density at radius 1 is 1.03 bits per heavy atom. The number of pyridine rings is 1. The Kier molecular flexibility index (Phi) is 5.09. The monoisotopic (exact) mass is 509 g/mol. The van der Waals surface area contributed by atoms with Crippen LogP contribution in [0.15, 0.2) is 71.7 Å². The number of halogens is 2. The van der Waals surface area contributed by atoms with E-state index in [-0.39, 0.29) is 24.9 Å². The van der Waals surface area contributed by atoms with Gasteiger partial charge in [-0.1, -0.05) is 65.7 Å². The zero-order chi connectivity index (χ0) is 24.3. The predicted octanol–water partition coefficient (Wildman–Crippen LogP) is 4.48. The van der Waals surface area contributed by atoms with Crippen molar-refractivity contribution in [1.82, 2.24) is 9.58 Å². The number of hydrogen-bond donors (Lipinski definition) is 1. The Bertz CT molecular complexity index is 1430. The Hall–Kier alpha value is -3.42. The van der Waals surface area contributed by atoms with Crippen molar-refractivity contribution in [2.24, 2.45) is 0 Å². The van der Waals surface area contributed by atoms with Crippen LogP contribution in [-0.2, 0) is 0 Å². The van der Waals surface area contributed by atoms with Crippen molar-refractivity contribution in [3.8, 4) is 11.5 Å². The van der Waals surface area contributed by atoms with E-state index in [1.54, 1.807) is 15.6 Å². The second kappa shape index (κ2) is 8.07. The zero-order valence-corrected chi connectivity index (χ0v) is 20.0. The molecule has 1 amide bonds. The smallest absolute Gasteiger partial charge is 0.278 e. The molecule has 0 saturated heterocycles. The van der Waals surface area contributed by atoms with E-state index in [0.29, 0.717) is 15.8 Å². The summed E-state index contributed by atoms with van der Waals surface area (Å²) in [5, 5.41) is 13.4. The van der Waals surface area contributed by atoms with Gasteiger partial charge in [-0.05, 0) is 30.5 Å². The number of aromatic nitrogens is 1. The second-order valence-electron chi connectivity index (χ2n) is 8.95. The van der Waals surface area contributed by atoms with Gasteiger partial charge in [0.1, 0.15) is 30.1 Å². The highest BCUT2D eigenvalue weighted by atomic mass is 35.5. The highest BCUT2D eigenvalue weighted by Crippen LogP contribution is 2.48. The van der Waals surface area contributed by atoms with E-state index < -0.39 is 22.8 Å². The minimum absolute atomic E-state index is 0.0638. The molecule has 1 N–H and O–H groups in total. The van der Waals surface area contributed by atoms with Crippen molar-refractivity contribution in [2.75, 3.05) is 18.3 Å². The SMILES string of the molecule is O=C1c2c(O)c(=O)ccn2N2CN1C1(/C=C/COc3c(ccc(Cl)c3Cl)[C@H]2c2ccccc2)CC1. The first-order valence-corrected chi connectivity index (χ1v) is 12.0. The molecule has 178 valence electrons. The molecule has 0 radical (unpaired) electrons. The maximum atomic E-state index is 13.7. The minimum Gasteiger partial charge on any atom is -0.502 e. The first-order valence-electron chi connectivity index (χ1n) is 11.3. The summed E-state index contributed by atoms with van der Waals surface area (Å²) in [6, 6.07) is 14.1. The molecule has 9 heteroatoms. The molecule has 1 aliphatic carbocycles. The molecule has 2 aliphatic heterocycles. The third-order valence-electron chi connectivity index (χ3n) is 6.90. The average molecular weight is 510 g/mol. The molecule has 1 spiro atoms. The molecule has 1 fully saturated rings. The van der Waals surface area contributed by atoms with E-state index in [9.17, 15) is 14.7 Å². The van der Waals surface area contributed by atoms with Gasteiger partial charge >= 0.3 is 0 Å². The number of carbonyl (C=O) groups is 1. The predicted molar refractivity (Wildman–Crippen MR) is 133 cm³/mol. The fourth-order valence-electron chi connectivity index (χ4n) is 4.99. The third kappa shape index (κ3) is 3.41. The molecule has 1 atom stereocenters. The van der Waals surface area contributed by atoms with Crippen molar-refractivity contribution in [2.45, 2.75) is 24.4 Å². The molecule has 3 aromatic rings. The summed E-state index contributed by atoms with van der Waals surface area (Å²) in [6.07, 6.45) is 6.92. The van der Waals surface area contributed by atoms with Crippen LogP contribution in [0.3, 0.4) is 0 Å². The molecule has 2 bridgehead atoms. The number of benzene rings is 2. The number of nitrogens with zero attached hydrogens (tertiary/aromatic N) is 3. The molecule has 1 saturated carbocycles. The minimum atomic E-state index is -0.606. The van der Waals surface area contributed by atoms with Crippen LogP contribution < -0.4 is 15.2 Å². The van der Waals surface area contributed by atoms with Gasteiger partial charge in [-0.2, -0.15) is 0 Å². The van der Waals surface area contributed by atoms with Crippen LogP contribution in [0.5, 0.6) is 11.5 Å². The molecular formula is C26H21Cl2N3O4. The van der Waals surface area contributed by atoms with Gasteiger partial charge in [0.05, 0.1) is 10.6 Å². The fraction of sp³-hybridized carbons (Fsp3) is 0.231. The maximum absolute atomic E-state index is 13.7. The molecule has 2 aromatic carbocycles. The molecule has 35 heavy (non-hydrogen) atoms. The Morgan fingerprint density at radius 3 is 2.54 bits per heavy atom. The number of carbonyl (C=O) groups excluding carboxylic acids is 1. The quantitative estimate of drug-likeness (QED) is 0.489. The van der Waals surface area contributed by atoms with Crippen molar-refractivity contribution in [1.29, 1.82) is 0 Å². The number of hydrogen-bond acceptors (Lipinski definition) is 5. The Balaban J connectivity index is 1.67. The van der Waals surface area contributed by atoms with Crippen LogP contribution in [0, 0.1) is 0 Å². The fourth-order valence-corrected chi connectivity index (χ4v) is 5.37. The number of amides is 1. The standard InChI is InChI=1S/C26H21Cl2N3O4/c27-18-8-7-17-21(16-5-2-1-3-6-16)31-15-29(25(34)22-23(33)19(32)9-13-30(22)31)26(11-12-26)10-4-14-35-24(17)20(18)28/h1-10,13,21,33H,11-12,14-15H2/b10-4+/t21-/m1/s1. The topological polar surface area (TPSA) is 75.0 Å². The van der Waals surface area contributed by atoms with E-state index in [1.807, 2.05) is 53.6 Å². The molecule has 3 aliphatic rings. The summed E-state index contributed by atoms with van der Waals surface area (Å²) in [7, 11) is 0. The number of rotatable bonds is 1. The van der Waals surface area contributed by atoms with E-state index in [4.69, 9.17) is 27.9 Å². The van der Waals surface area contributed by atoms with Gasteiger partial charge < -0.3 is 14.7 Å². The van der Waals surface area contributed by atoms with E-state index in [0.717, 1.165) is 24.0 Å². The van der Waals surface area contributed by atoms with Crippen LogP contribution in [-0.4, -0.2) is 39.4 Å². The van der Waals surface area contributed by atoms with Crippen LogP contribution >= 0.6 is 23.2 Å². The molecule has 1 aromatic heterocycles. The van der Waals surface area contributed by atoms with Crippen molar-refractivity contribution in [3.63, 3.8) is 0 Å². The lowest BCUT2D eigenvalue weighted by molar-refractivity contribution is 0.0606. The molecule has 3 heterocycles. The van der Waals surface area contributed by atoms with Gasteiger partial charge in [-0.3, -0.25) is 19.3 Å². The summed E-state index contributed by atoms with van der Waals surface area (Å²) in [4.78, 5) is 27.8. The zero-order valence-electron chi connectivity index (χ0n) is 18.5. The summed E-state index contributed by atoms with van der Waals surface area (Å²) in [6.45, 7) is 0.464. The van der Waals surface area contributed by atoms with Crippen LogP contribution in [0.2, 0.25) is 10.0 Å². The average Bonchev–Trinajstić information content (AvgIpc) is 3.65. The number of ether oxygens (including phenoxy) is 1.